The molecule has 7 rings (SSSR count). The summed E-state index contributed by atoms with van der Waals surface area (Å²) in [6.45, 7) is 0. The quantitative estimate of drug-likeness (QED) is 0.146. The highest BCUT2D eigenvalue weighted by Crippen LogP contribution is 2.55. The Morgan fingerprint density at radius 1 is 0.348 bits per heavy atom. The number of allylic oxidation sites excluding steroid dienone is 2. The molecule has 0 saturated carbocycles. The minimum absolute atomic E-state index is 0.813. The molecule has 6 aromatic rings. The van der Waals surface area contributed by atoms with Crippen molar-refractivity contribution in [3.05, 3.63) is 179 Å². The molecule has 0 fully saturated rings. The van der Waals surface area contributed by atoms with Crippen molar-refractivity contribution in [2.45, 2.75) is 0 Å². The molecular weight excluding hydrogens is 568 g/mol. The maximum atomic E-state index is 5.56. The van der Waals surface area contributed by atoms with Gasteiger partial charge in [-0.25, -0.2) is 0 Å². The van der Waals surface area contributed by atoms with Crippen molar-refractivity contribution in [1.82, 2.24) is 0 Å². The number of rotatable bonds is 10. The van der Waals surface area contributed by atoms with Crippen LogP contribution < -0.4 is 18.9 Å². The molecule has 0 aliphatic heterocycles. The molecule has 0 atom stereocenters. The van der Waals surface area contributed by atoms with Crippen LogP contribution in [0.4, 0.5) is 0 Å². The van der Waals surface area contributed by atoms with E-state index in [1.54, 1.807) is 28.4 Å². The van der Waals surface area contributed by atoms with Gasteiger partial charge in [0.15, 0.2) is 0 Å². The van der Waals surface area contributed by atoms with Crippen LogP contribution in [-0.4, -0.2) is 28.4 Å². The maximum Gasteiger partial charge on any atom is 0.129 e. The fourth-order valence-electron chi connectivity index (χ4n) is 6.49. The van der Waals surface area contributed by atoms with Gasteiger partial charge in [-0.2, -0.15) is 0 Å². The van der Waals surface area contributed by atoms with Crippen molar-refractivity contribution in [2.24, 2.45) is 0 Å². The lowest BCUT2D eigenvalue weighted by Gasteiger charge is -2.20. The Morgan fingerprint density at radius 3 is 0.891 bits per heavy atom. The molecule has 0 saturated heterocycles. The Labute approximate surface area is 270 Å². The van der Waals surface area contributed by atoms with E-state index in [1.165, 1.54) is 33.0 Å². The topological polar surface area (TPSA) is 36.9 Å². The van der Waals surface area contributed by atoms with Gasteiger partial charge in [0.2, 0.25) is 0 Å². The maximum absolute atomic E-state index is 5.56. The molecule has 1 aliphatic rings. The Morgan fingerprint density at radius 2 is 0.630 bits per heavy atom. The predicted octanol–water partition coefficient (Wildman–Crippen LogP) is 9.44. The van der Waals surface area contributed by atoms with Crippen LogP contribution in [0.15, 0.2) is 133 Å². The summed E-state index contributed by atoms with van der Waals surface area (Å²) in [5.74, 6) is 5.51. The van der Waals surface area contributed by atoms with Gasteiger partial charge in [0, 0.05) is 48.5 Å². The Kier molecular flexibility index (Phi) is 7.78. The van der Waals surface area contributed by atoms with E-state index in [2.05, 4.69) is 84.9 Å². The summed E-state index contributed by atoms with van der Waals surface area (Å²) in [5.41, 5.74) is 9.10. The summed E-state index contributed by atoms with van der Waals surface area (Å²) in [7, 11) is 6.79. The minimum atomic E-state index is 0.813. The van der Waals surface area contributed by atoms with Gasteiger partial charge in [-0.05, 0) is 66.0 Å². The standard InChI is InChI=1S/C42H34O4/c1-43-32-19-11-28(12-20-32)38(29-13-21-33(44-2)22-14-29)41-36-9-5-7-27-8-6-10-37(40(27)36)42(41)39(30-15-23-34(45-3)24-16-30)31-17-25-35(46-4)26-18-31/h5-26H,1-4H3/q+2. The summed E-state index contributed by atoms with van der Waals surface area (Å²) < 4.78 is 22.2. The number of ether oxygens (including phenoxy) is 4. The number of hydrogen-bond donors (Lipinski definition) is 0. The Hall–Kier alpha value is -5.74. The molecule has 46 heavy (non-hydrogen) atoms. The molecule has 0 unspecified atom stereocenters. The molecule has 6 aromatic carbocycles. The third-order valence-corrected chi connectivity index (χ3v) is 8.71. The fraction of sp³-hybridized carbons (Fsp3) is 0.0952. The largest absolute Gasteiger partial charge is 0.496 e. The van der Waals surface area contributed by atoms with E-state index in [4.69, 9.17) is 18.9 Å². The van der Waals surface area contributed by atoms with Crippen LogP contribution in [0.2, 0.25) is 0 Å². The highest BCUT2D eigenvalue weighted by molar-refractivity contribution is 6.22. The second kappa shape index (κ2) is 12.3. The van der Waals surface area contributed by atoms with Crippen molar-refractivity contribution in [3.8, 4) is 23.0 Å². The fourth-order valence-corrected chi connectivity index (χ4v) is 6.49. The first kappa shape index (κ1) is 29.0. The predicted molar refractivity (Wildman–Crippen MR) is 186 cm³/mol. The summed E-state index contributed by atoms with van der Waals surface area (Å²) in [4.78, 5) is 0. The van der Waals surface area contributed by atoms with Gasteiger partial charge in [-0.3, -0.25) is 0 Å². The summed E-state index contributed by atoms with van der Waals surface area (Å²) in [5, 5.41) is 2.45. The smallest absolute Gasteiger partial charge is 0.129 e. The van der Waals surface area contributed by atoms with Crippen molar-refractivity contribution in [1.29, 1.82) is 0 Å². The first-order chi connectivity index (χ1) is 22.6. The number of benzene rings is 6. The van der Waals surface area contributed by atoms with Crippen molar-refractivity contribution in [3.63, 3.8) is 0 Å². The molecule has 0 spiro atoms. The van der Waals surface area contributed by atoms with E-state index in [1.807, 2.05) is 48.5 Å². The van der Waals surface area contributed by atoms with Crippen LogP contribution in [0, 0.1) is 11.8 Å². The third kappa shape index (κ3) is 5.08. The SMILES string of the molecule is COc1ccc([C+](C2=C([C+](c3ccc(OC)cc3)c3ccc(OC)cc3)c3cccc4cccc2c34)c2ccc(OC)cc2)cc1. The molecule has 0 radical (unpaired) electrons. The van der Waals surface area contributed by atoms with Crippen molar-refractivity contribution < 1.29 is 18.9 Å². The number of hydrogen-bond acceptors (Lipinski definition) is 4. The molecule has 0 N–H and O–H groups in total. The average Bonchev–Trinajstić information content (AvgIpc) is 3.44. The van der Waals surface area contributed by atoms with Crippen LogP contribution in [0.1, 0.15) is 33.4 Å². The Balaban J connectivity index is 1.57. The average molecular weight is 603 g/mol. The van der Waals surface area contributed by atoms with E-state index in [-0.39, 0.29) is 0 Å². The molecule has 0 bridgehead atoms. The van der Waals surface area contributed by atoms with Gasteiger partial charge < -0.3 is 18.9 Å². The van der Waals surface area contributed by atoms with E-state index in [0.29, 0.717) is 0 Å². The summed E-state index contributed by atoms with van der Waals surface area (Å²) >= 11 is 0. The third-order valence-electron chi connectivity index (χ3n) is 8.71. The lowest BCUT2D eigenvalue weighted by atomic mass is 9.75. The van der Waals surface area contributed by atoms with Crippen LogP contribution >= 0.6 is 0 Å². The van der Waals surface area contributed by atoms with Gasteiger partial charge in [-0.15, -0.1) is 0 Å². The van der Waals surface area contributed by atoms with E-state index >= 15 is 0 Å². The van der Waals surface area contributed by atoms with Crippen LogP contribution in [-0.2, 0) is 0 Å². The van der Waals surface area contributed by atoms with E-state index in [9.17, 15) is 0 Å². The molecule has 0 aromatic heterocycles. The van der Waals surface area contributed by atoms with E-state index < -0.39 is 0 Å². The zero-order valence-corrected chi connectivity index (χ0v) is 26.3. The van der Waals surface area contributed by atoms with Crippen molar-refractivity contribution >= 4 is 21.9 Å². The zero-order valence-electron chi connectivity index (χ0n) is 26.3. The summed E-state index contributed by atoms with van der Waals surface area (Å²) in [6, 6.07) is 46.6. The highest BCUT2D eigenvalue weighted by atomic mass is 16.5. The molecule has 4 heteroatoms. The molecular formula is C42H34O4+2. The molecule has 1 aliphatic carbocycles. The van der Waals surface area contributed by atoms with Gasteiger partial charge in [-0.1, -0.05) is 24.3 Å². The molecule has 0 amide bonds. The summed E-state index contributed by atoms with van der Waals surface area (Å²) in [6.07, 6.45) is 0. The van der Waals surface area contributed by atoms with Crippen LogP contribution in [0.25, 0.3) is 21.9 Å². The molecule has 0 heterocycles. The van der Waals surface area contributed by atoms with Gasteiger partial charge in [0.25, 0.3) is 0 Å². The lowest BCUT2D eigenvalue weighted by molar-refractivity contribution is 0.414. The second-order valence-corrected chi connectivity index (χ2v) is 11.1. The van der Waals surface area contributed by atoms with Gasteiger partial charge in [0.05, 0.1) is 79.0 Å². The monoisotopic (exact) mass is 602 g/mol. The Bertz CT molecular complexity index is 1770. The lowest BCUT2D eigenvalue weighted by Crippen LogP contribution is -2.11. The second-order valence-electron chi connectivity index (χ2n) is 11.1. The van der Waals surface area contributed by atoms with Gasteiger partial charge >= 0.3 is 0 Å². The first-order valence-corrected chi connectivity index (χ1v) is 15.2. The van der Waals surface area contributed by atoms with Crippen LogP contribution in [0.3, 0.4) is 0 Å². The van der Waals surface area contributed by atoms with E-state index in [0.717, 1.165) is 57.1 Å². The molecule has 4 nitrogen and oxygen atoms in total. The molecule has 224 valence electrons. The minimum Gasteiger partial charge on any atom is -0.496 e. The van der Waals surface area contributed by atoms with Crippen molar-refractivity contribution in [2.75, 3.05) is 28.4 Å². The number of methoxy groups -OCH3 is 4. The zero-order chi connectivity index (χ0) is 31.6. The van der Waals surface area contributed by atoms with Crippen LogP contribution in [0.5, 0.6) is 23.0 Å². The van der Waals surface area contributed by atoms with Gasteiger partial charge in [0.1, 0.15) is 34.1 Å². The first-order valence-electron chi connectivity index (χ1n) is 15.2. The normalized spacial score (nSPS) is 11.8. The highest BCUT2D eigenvalue weighted by Gasteiger charge is 2.44.